The SMILES string of the molecule is O=C(O)c1ccc(C(=O)NNC(=O)C(F)(F)F)cc1. The van der Waals surface area contributed by atoms with Crippen LogP contribution in [0.25, 0.3) is 0 Å². The molecule has 0 saturated heterocycles. The Morgan fingerprint density at radius 1 is 0.947 bits per heavy atom. The van der Waals surface area contributed by atoms with Gasteiger partial charge in [0.1, 0.15) is 0 Å². The van der Waals surface area contributed by atoms with Gasteiger partial charge in [0.15, 0.2) is 0 Å². The van der Waals surface area contributed by atoms with Crippen LogP contribution in [-0.4, -0.2) is 29.1 Å². The number of aromatic carboxylic acids is 1. The highest BCUT2D eigenvalue weighted by Gasteiger charge is 2.38. The first-order valence-corrected chi connectivity index (χ1v) is 4.72. The molecular weight excluding hydrogens is 269 g/mol. The maximum Gasteiger partial charge on any atom is 0.472 e. The Labute approximate surface area is 104 Å². The van der Waals surface area contributed by atoms with Gasteiger partial charge in [0, 0.05) is 5.56 Å². The van der Waals surface area contributed by atoms with Crippen LogP contribution in [0.5, 0.6) is 0 Å². The van der Waals surface area contributed by atoms with E-state index in [-0.39, 0.29) is 11.1 Å². The molecule has 19 heavy (non-hydrogen) atoms. The van der Waals surface area contributed by atoms with Crippen molar-refractivity contribution in [1.82, 2.24) is 10.9 Å². The van der Waals surface area contributed by atoms with Crippen molar-refractivity contribution in [3.8, 4) is 0 Å². The Balaban J connectivity index is 2.64. The van der Waals surface area contributed by atoms with Crippen molar-refractivity contribution in [2.24, 2.45) is 0 Å². The summed E-state index contributed by atoms with van der Waals surface area (Å²) < 4.78 is 35.4. The number of nitrogens with one attached hydrogen (secondary N) is 2. The second-order valence-electron chi connectivity index (χ2n) is 3.29. The van der Waals surface area contributed by atoms with E-state index in [2.05, 4.69) is 0 Å². The summed E-state index contributed by atoms with van der Waals surface area (Å²) in [6.07, 6.45) is -5.11. The average Bonchev–Trinajstić information content (AvgIpc) is 2.34. The number of hydrogen-bond donors (Lipinski definition) is 3. The van der Waals surface area contributed by atoms with Gasteiger partial charge in [-0.3, -0.25) is 20.4 Å². The van der Waals surface area contributed by atoms with E-state index in [0.29, 0.717) is 0 Å². The van der Waals surface area contributed by atoms with E-state index < -0.39 is 24.0 Å². The van der Waals surface area contributed by atoms with Crippen molar-refractivity contribution in [3.63, 3.8) is 0 Å². The number of halogens is 3. The van der Waals surface area contributed by atoms with Crippen molar-refractivity contribution in [3.05, 3.63) is 35.4 Å². The number of carboxylic acid groups (broad SMARTS) is 1. The van der Waals surface area contributed by atoms with Gasteiger partial charge in [-0.25, -0.2) is 4.79 Å². The maximum absolute atomic E-state index is 11.8. The zero-order valence-electron chi connectivity index (χ0n) is 9.12. The van der Waals surface area contributed by atoms with E-state index in [1.807, 2.05) is 0 Å². The molecule has 0 spiro atoms. The first kappa shape index (κ1) is 14.5. The molecule has 0 heterocycles. The van der Waals surface area contributed by atoms with Crippen molar-refractivity contribution >= 4 is 17.8 Å². The third-order valence-corrected chi connectivity index (χ3v) is 1.94. The summed E-state index contributed by atoms with van der Waals surface area (Å²) >= 11 is 0. The number of hydrazine groups is 1. The Morgan fingerprint density at radius 3 is 1.84 bits per heavy atom. The molecule has 6 nitrogen and oxygen atoms in total. The fourth-order valence-electron chi connectivity index (χ4n) is 1.02. The molecule has 3 N–H and O–H groups in total. The molecule has 0 aromatic heterocycles. The van der Waals surface area contributed by atoms with Gasteiger partial charge in [-0.1, -0.05) is 0 Å². The molecule has 0 aliphatic rings. The molecular formula is C10H7F3N2O4. The number of carboxylic acids is 1. The number of amides is 2. The van der Waals surface area contributed by atoms with Crippen molar-refractivity contribution in [2.45, 2.75) is 6.18 Å². The van der Waals surface area contributed by atoms with Crippen LogP contribution >= 0.6 is 0 Å². The highest BCUT2D eigenvalue weighted by molar-refractivity contribution is 5.97. The van der Waals surface area contributed by atoms with Gasteiger partial charge in [0.05, 0.1) is 5.56 Å². The van der Waals surface area contributed by atoms with Gasteiger partial charge in [0.2, 0.25) is 0 Å². The monoisotopic (exact) mass is 276 g/mol. The molecule has 2 amide bonds. The summed E-state index contributed by atoms with van der Waals surface area (Å²) in [5.74, 6) is -4.53. The quantitative estimate of drug-likeness (QED) is 0.693. The lowest BCUT2D eigenvalue weighted by Gasteiger charge is -2.09. The van der Waals surface area contributed by atoms with Crippen LogP contribution in [0.1, 0.15) is 20.7 Å². The normalized spacial score (nSPS) is 10.7. The van der Waals surface area contributed by atoms with Crippen LogP contribution in [0.3, 0.4) is 0 Å². The molecule has 1 aromatic carbocycles. The topological polar surface area (TPSA) is 95.5 Å². The number of hydrogen-bond acceptors (Lipinski definition) is 3. The van der Waals surface area contributed by atoms with Crippen molar-refractivity contribution in [2.75, 3.05) is 0 Å². The number of carbonyl (C=O) groups is 3. The second kappa shape index (κ2) is 5.38. The molecule has 1 rings (SSSR count). The first-order chi connectivity index (χ1) is 8.71. The van der Waals surface area contributed by atoms with Gasteiger partial charge < -0.3 is 5.11 Å². The van der Waals surface area contributed by atoms with E-state index in [4.69, 9.17) is 5.11 Å². The summed E-state index contributed by atoms with van der Waals surface area (Å²) in [6, 6.07) is 4.39. The minimum absolute atomic E-state index is 0.0872. The van der Waals surface area contributed by atoms with Crippen LogP contribution in [0.4, 0.5) is 13.2 Å². The largest absolute Gasteiger partial charge is 0.478 e. The molecule has 0 bridgehead atoms. The number of rotatable bonds is 2. The Hall–Kier alpha value is -2.58. The molecule has 0 saturated carbocycles. The smallest absolute Gasteiger partial charge is 0.472 e. The minimum Gasteiger partial charge on any atom is -0.478 e. The fraction of sp³-hybridized carbons (Fsp3) is 0.100. The summed E-state index contributed by atoms with van der Waals surface area (Å²) in [5.41, 5.74) is 2.54. The molecule has 1 aromatic rings. The molecule has 102 valence electrons. The highest BCUT2D eigenvalue weighted by atomic mass is 19.4. The van der Waals surface area contributed by atoms with Gasteiger partial charge in [0.25, 0.3) is 5.91 Å². The molecule has 0 atom stereocenters. The molecule has 0 fully saturated rings. The molecule has 0 radical (unpaired) electrons. The van der Waals surface area contributed by atoms with E-state index in [9.17, 15) is 27.6 Å². The third kappa shape index (κ3) is 3.98. The first-order valence-electron chi connectivity index (χ1n) is 4.72. The van der Waals surface area contributed by atoms with Crippen LogP contribution < -0.4 is 10.9 Å². The standard InChI is InChI=1S/C10H7F3N2O4/c11-10(12,13)9(19)15-14-7(16)5-1-3-6(4-2-5)8(17)18/h1-4H,(H,14,16)(H,15,19)(H,17,18). The third-order valence-electron chi connectivity index (χ3n) is 1.94. The van der Waals surface area contributed by atoms with Gasteiger partial charge >= 0.3 is 18.1 Å². The van der Waals surface area contributed by atoms with Crippen molar-refractivity contribution in [1.29, 1.82) is 0 Å². The highest BCUT2D eigenvalue weighted by Crippen LogP contribution is 2.13. The van der Waals surface area contributed by atoms with E-state index >= 15 is 0 Å². The summed E-state index contributed by atoms with van der Waals surface area (Å²) in [5, 5.41) is 8.60. The fourth-order valence-corrected chi connectivity index (χ4v) is 1.02. The van der Waals surface area contributed by atoms with E-state index in [0.717, 1.165) is 24.3 Å². The number of carbonyl (C=O) groups excluding carboxylic acids is 2. The lowest BCUT2D eigenvalue weighted by Crippen LogP contribution is -2.47. The predicted octanol–water partition coefficient (Wildman–Crippen LogP) is 0.708. The molecule has 0 aliphatic carbocycles. The van der Waals surface area contributed by atoms with Gasteiger partial charge in [-0.05, 0) is 24.3 Å². The summed E-state index contributed by atoms with van der Waals surface area (Å²) in [4.78, 5) is 32.3. The number of alkyl halides is 3. The predicted molar refractivity (Wildman–Crippen MR) is 55.1 cm³/mol. The van der Waals surface area contributed by atoms with Gasteiger partial charge in [-0.2, -0.15) is 13.2 Å². The van der Waals surface area contributed by atoms with Crippen LogP contribution in [0.2, 0.25) is 0 Å². The molecule has 0 unspecified atom stereocenters. The lowest BCUT2D eigenvalue weighted by atomic mass is 10.1. The molecule has 0 aliphatic heterocycles. The zero-order chi connectivity index (χ0) is 14.6. The second-order valence-corrected chi connectivity index (χ2v) is 3.29. The van der Waals surface area contributed by atoms with Crippen LogP contribution in [0, 0.1) is 0 Å². The Morgan fingerprint density at radius 2 is 1.42 bits per heavy atom. The van der Waals surface area contributed by atoms with Gasteiger partial charge in [-0.15, -0.1) is 0 Å². The minimum atomic E-state index is -5.11. The number of benzene rings is 1. The maximum atomic E-state index is 11.8. The zero-order valence-corrected chi connectivity index (χ0v) is 9.12. The lowest BCUT2D eigenvalue weighted by molar-refractivity contribution is -0.174. The Kier molecular flexibility index (Phi) is 4.10. The van der Waals surface area contributed by atoms with Crippen molar-refractivity contribution < 1.29 is 32.7 Å². The van der Waals surface area contributed by atoms with Crippen LogP contribution in [-0.2, 0) is 4.79 Å². The molecule has 9 heteroatoms. The summed E-state index contributed by atoms with van der Waals surface area (Å²) in [6.45, 7) is 0. The van der Waals surface area contributed by atoms with Crippen LogP contribution in [0.15, 0.2) is 24.3 Å². The van der Waals surface area contributed by atoms with E-state index in [1.165, 1.54) is 5.43 Å². The van der Waals surface area contributed by atoms with E-state index in [1.54, 1.807) is 5.43 Å². The summed E-state index contributed by atoms with van der Waals surface area (Å²) in [7, 11) is 0. The Bertz CT molecular complexity index is 511. The average molecular weight is 276 g/mol.